The molecule has 0 atom stereocenters. The normalized spacial score (nSPS) is 14.9. The number of nitrogens with zero attached hydrogens (tertiary/aromatic N) is 2. The number of fused-ring (bicyclic) bond motifs is 9. The number of rotatable bonds is 0. The fourth-order valence-electron chi connectivity index (χ4n) is 5.57. The van der Waals surface area contributed by atoms with Crippen LogP contribution in [-0.4, -0.2) is 13.3 Å². The predicted octanol–water partition coefficient (Wildman–Crippen LogP) is 2.83. The van der Waals surface area contributed by atoms with Gasteiger partial charge in [0.25, 0.3) is 0 Å². The van der Waals surface area contributed by atoms with Gasteiger partial charge in [0.1, 0.15) is 17.8 Å². The van der Waals surface area contributed by atoms with E-state index in [1.165, 1.54) is 6.07 Å². The second kappa shape index (κ2) is 5.54. The Bertz CT molecular complexity index is 1270. The molecular formula is C24H17BF2N2. The third-order valence-corrected chi connectivity index (χ3v) is 6.60. The van der Waals surface area contributed by atoms with Crippen LogP contribution in [0.5, 0.6) is 0 Å². The molecule has 1 aromatic heterocycles. The van der Waals surface area contributed by atoms with Crippen molar-refractivity contribution in [1.82, 2.24) is 0 Å². The first-order valence-electron chi connectivity index (χ1n) is 9.73. The highest BCUT2D eigenvalue weighted by molar-refractivity contribution is 7.08. The Hall–Kier alpha value is -3.47. The van der Waals surface area contributed by atoms with Crippen LogP contribution in [-0.2, 0) is 0 Å². The maximum absolute atomic E-state index is 15.1. The molecular weight excluding hydrogens is 365 g/mol. The van der Waals surface area contributed by atoms with Gasteiger partial charge in [-0.05, 0) is 18.2 Å². The van der Waals surface area contributed by atoms with Crippen molar-refractivity contribution in [3.05, 3.63) is 96.7 Å². The van der Waals surface area contributed by atoms with Crippen molar-refractivity contribution in [1.29, 1.82) is 0 Å². The summed E-state index contributed by atoms with van der Waals surface area (Å²) in [7, 11) is 2.04. The number of anilines is 2. The molecule has 0 amide bonds. The molecule has 1 spiro atoms. The third-order valence-electron chi connectivity index (χ3n) is 6.60. The lowest BCUT2D eigenvalue weighted by Crippen LogP contribution is -2.84. The third kappa shape index (κ3) is 1.87. The summed E-state index contributed by atoms with van der Waals surface area (Å²) >= 11 is 0. The molecule has 0 fully saturated rings. The fourth-order valence-corrected chi connectivity index (χ4v) is 5.57. The van der Waals surface area contributed by atoms with Crippen molar-refractivity contribution in [2.75, 3.05) is 11.9 Å². The van der Waals surface area contributed by atoms with E-state index in [1.54, 1.807) is 0 Å². The first-order chi connectivity index (χ1) is 14.1. The van der Waals surface area contributed by atoms with E-state index in [4.69, 9.17) is 0 Å². The average Bonchev–Trinajstić information content (AvgIpc) is 3.03. The maximum atomic E-state index is 15.1. The van der Waals surface area contributed by atoms with E-state index >= 15 is 4.39 Å². The van der Waals surface area contributed by atoms with Crippen molar-refractivity contribution < 1.29 is 13.3 Å². The molecule has 29 heavy (non-hydrogen) atoms. The van der Waals surface area contributed by atoms with Gasteiger partial charge in [0, 0.05) is 36.1 Å². The zero-order chi connectivity index (χ0) is 19.8. The van der Waals surface area contributed by atoms with Gasteiger partial charge in [-0.1, -0.05) is 48.5 Å². The van der Waals surface area contributed by atoms with Crippen molar-refractivity contribution in [3.63, 3.8) is 0 Å². The van der Waals surface area contributed by atoms with Crippen LogP contribution in [0.2, 0.25) is 0 Å². The minimum atomic E-state index is -1.77. The van der Waals surface area contributed by atoms with Gasteiger partial charge in [-0.2, -0.15) is 0 Å². The molecule has 0 bridgehead atoms. The molecule has 0 unspecified atom stereocenters. The number of pyridine rings is 1. The highest BCUT2D eigenvalue weighted by atomic mass is 19.1. The standard InChI is InChI=1S/C24H17BF2N2/c1-28-21-10-4-2-8-17(21)25(18-9-3-5-11-22(18)28)19-14-16(26)15-20(27)24(19)23-12-6-7-13-29(23)25/h2-15H,1H3. The van der Waals surface area contributed by atoms with Crippen LogP contribution < -0.4 is 25.8 Å². The van der Waals surface area contributed by atoms with Crippen LogP contribution in [0, 0.1) is 11.6 Å². The first-order valence-corrected chi connectivity index (χ1v) is 9.73. The summed E-state index contributed by atoms with van der Waals surface area (Å²) in [6.07, 6.45) is 0.220. The van der Waals surface area contributed by atoms with Crippen LogP contribution in [0.15, 0.2) is 85.1 Å². The Labute approximate surface area is 167 Å². The number of aromatic nitrogens is 1. The van der Waals surface area contributed by atoms with Crippen LogP contribution in [0.3, 0.4) is 0 Å². The van der Waals surface area contributed by atoms with Crippen molar-refractivity contribution in [2.45, 2.75) is 0 Å². The summed E-state index contributed by atoms with van der Waals surface area (Å²) in [5, 5.41) is 0. The highest BCUT2D eigenvalue weighted by Gasteiger charge is 2.54. The molecule has 2 aliphatic rings. The number of hydrogen-bond donors (Lipinski definition) is 0. The van der Waals surface area contributed by atoms with E-state index in [9.17, 15) is 4.39 Å². The summed E-state index contributed by atoms with van der Waals surface area (Å²) in [6.45, 7) is 0. The van der Waals surface area contributed by atoms with Crippen molar-refractivity contribution in [2.24, 2.45) is 0 Å². The lowest BCUT2D eigenvalue weighted by molar-refractivity contribution is -0.524. The highest BCUT2D eigenvalue weighted by Crippen LogP contribution is 2.34. The Kier molecular flexibility index (Phi) is 3.15. The lowest BCUT2D eigenvalue weighted by Gasteiger charge is -2.44. The number of benzene rings is 3. The molecule has 0 N–H and O–H groups in total. The van der Waals surface area contributed by atoms with Crippen molar-refractivity contribution in [3.8, 4) is 11.3 Å². The summed E-state index contributed by atoms with van der Waals surface area (Å²) in [6, 6.07) is 24.6. The molecule has 4 aromatic rings. The van der Waals surface area contributed by atoms with Crippen LogP contribution >= 0.6 is 0 Å². The average molecular weight is 382 g/mol. The summed E-state index contributed by atoms with van der Waals surface area (Å²) in [4.78, 5) is 2.16. The molecule has 2 aliphatic heterocycles. The minimum absolute atomic E-state index is 0.487. The van der Waals surface area contributed by atoms with Gasteiger partial charge >= 0.3 is 6.28 Å². The molecule has 3 heterocycles. The lowest BCUT2D eigenvalue weighted by atomic mass is 9.23. The van der Waals surface area contributed by atoms with Crippen LogP contribution in [0.4, 0.5) is 20.2 Å². The number of para-hydroxylation sites is 2. The molecule has 0 aliphatic carbocycles. The quantitative estimate of drug-likeness (QED) is 0.374. The largest absolute Gasteiger partial charge is 0.408 e. The molecule has 2 nitrogen and oxygen atoms in total. The molecule has 0 saturated carbocycles. The maximum Gasteiger partial charge on any atom is 0.365 e. The van der Waals surface area contributed by atoms with Gasteiger partial charge in [-0.25, -0.2) is 8.78 Å². The smallest absolute Gasteiger partial charge is 0.365 e. The molecule has 6 rings (SSSR count). The van der Waals surface area contributed by atoms with Crippen molar-refractivity contribution >= 4 is 34.0 Å². The Morgan fingerprint density at radius 3 is 2.07 bits per heavy atom. The fraction of sp³-hybridized carbons (Fsp3) is 0.0417. The van der Waals surface area contributed by atoms with E-state index in [-0.39, 0.29) is 0 Å². The minimum Gasteiger partial charge on any atom is -0.408 e. The Morgan fingerprint density at radius 1 is 0.759 bits per heavy atom. The molecule has 5 heteroatoms. The van der Waals surface area contributed by atoms with Crippen LogP contribution in [0.25, 0.3) is 11.3 Å². The van der Waals surface area contributed by atoms with E-state index in [0.29, 0.717) is 11.0 Å². The monoisotopic (exact) mass is 382 g/mol. The zero-order valence-corrected chi connectivity index (χ0v) is 15.8. The number of hydrogen-bond acceptors (Lipinski definition) is 1. The Balaban J connectivity index is 1.89. The van der Waals surface area contributed by atoms with Gasteiger partial charge in [0.05, 0.1) is 0 Å². The molecule has 140 valence electrons. The zero-order valence-electron chi connectivity index (χ0n) is 15.8. The topological polar surface area (TPSA) is 7.12 Å². The molecule has 0 radical (unpaired) electrons. The number of halogens is 2. The van der Waals surface area contributed by atoms with E-state index in [0.717, 1.165) is 34.1 Å². The predicted molar refractivity (Wildman–Crippen MR) is 113 cm³/mol. The van der Waals surface area contributed by atoms with Gasteiger partial charge in [0.15, 0.2) is 5.69 Å². The first kappa shape index (κ1) is 16.5. The summed E-state index contributed by atoms with van der Waals surface area (Å²) < 4.78 is 31.9. The van der Waals surface area contributed by atoms with E-state index < -0.39 is 17.9 Å². The van der Waals surface area contributed by atoms with Gasteiger partial charge < -0.3 is 9.38 Å². The molecule has 0 saturated heterocycles. The van der Waals surface area contributed by atoms with E-state index in [2.05, 4.69) is 33.6 Å². The van der Waals surface area contributed by atoms with Gasteiger partial charge in [-0.3, -0.25) is 0 Å². The van der Waals surface area contributed by atoms with Crippen LogP contribution in [0.1, 0.15) is 0 Å². The second-order valence-corrected chi connectivity index (χ2v) is 7.84. The second-order valence-electron chi connectivity index (χ2n) is 7.84. The van der Waals surface area contributed by atoms with E-state index in [1.807, 2.05) is 55.7 Å². The molecule has 3 aromatic carbocycles. The Morgan fingerprint density at radius 2 is 1.38 bits per heavy atom. The van der Waals surface area contributed by atoms with Gasteiger partial charge in [-0.15, -0.1) is 16.4 Å². The SMILES string of the molecule is CN1c2ccccc2[B-]2(c3ccccc31)c1cc(F)cc(F)c1-c1cccc[n+]12. The summed E-state index contributed by atoms with van der Waals surface area (Å²) in [5.41, 5.74) is 6.18. The van der Waals surface area contributed by atoms with Gasteiger partial charge in [0.2, 0.25) is 0 Å². The summed E-state index contributed by atoms with van der Waals surface area (Å²) in [5.74, 6) is -1.07.